The molecule has 1 aromatic rings. The molecule has 0 bridgehead atoms. The molecule has 20 heavy (non-hydrogen) atoms. The van der Waals surface area contributed by atoms with Gasteiger partial charge in [0, 0.05) is 12.5 Å². The molecule has 0 heterocycles. The van der Waals surface area contributed by atoms with Gasteiger partial charge in [-0.2, -0.15) is 0 Å². The Hall–Kier alpha value is -1.98. The topological polar surface area (TPSA) is 57.6 Å². The fourth-order valence-corrected chi connectivity index (χ4v) is 1.70. The molecule has 1 amide bonds. The zero-order valence-corrected chi connectivity index (χ0v) is 11.6. The molecule has 0 saturated heterocycles. The van der Waals surface area contributed by atoms with Crippen molar-refractivity contribution in [3.63, 3.8) is 0 Å². The smallest absolute Gasteiger partial charge is 0.308 e. The molecule has 0 aliphatic heterocycles. The van der Waals surface area contributed by atoms with E-state index < -0.39 is 41.0 Å². The summed E-state index contributed by atoms with van der Waals surface area (Å²) < 4.78 is 27.6. The number of carboxylic acid groups (broad SMARTS) is 1. The van der Waals surface area contributed by atoms with Gasteiger partial charge < -0.3 is 10.0 Å². The Balaban J connectivity index is 3.23. The first-order valence-corrected chi connectivity index (χ1v) is 6.23. The van der Waals surface area contributed by atoms with Crippen molar-refractivity contribution in [2.45, 2.75) is 20.8 Å². The highest BCUT2D eigenvalue weighted by Crippen LogP contribution is 2.25. The van der Waals surface area contributed by atoms with Crippen LogP contribution in [-0.4, -0.2) is 23.5 Å². The fourth-order valence-electron chi connectivity index (χ4n) is 1.70. The first-order chi connectivity index (χ1) is 9.25. The summed E-state index contributed by atoms with van der Waals surface area (Å²) in [6.07, 6.45) is 0. The Bertz CT molecular complexity index is 497. The number of rotatable bonds is 5. The zero-order valence-electron chi connectivity index (χ0n) is 11.6. The molecular weight excluding hydrogens is 268 g/mol. The van der Waals surface area contributed by atoms with Crippen LogP contribution in [0.4, 0.5) is 14.5 Å². The third kappa shape index (κ3) is 3.53. The van der Waals surface area contributed by atoms with Gasteiger partial charge in [0.15, 0.2) is 0 Å². The van der Waals surface area contributed by atoms with Gasteiger partial charge in [0.05, 0.1) is 5.92 Å². The lowest BCUT2D eigenvalue weighted by Crippen LogP contribution is -2.40. The maximum atomic E-state index is 13.8. The number of aliphatic carboxylic acids is 1. The standard InChI is InChI=1S/C14H17F2NO3/c1-8(2)13(18)17(7-9(3)14(19)20)12-10(15)5-4-6-11(12)16/h4-6,8-9H,7H2,1-3H3,(H,19,20). The first-order valence-electron chi connectivity index (χ1n) is 6.23. The quantitative estimate of drug-likeness (QED) is 0.905. The second-order valence-corrected chi connectivity index (χ2v) is 4.91. The van der Waals surface area contributed by atoms with Gasteiger partial charge in [-0.1, -0.05) is 26.8 Å². The molecule has 0 aromatic heterocycles. The summed E-state index contributed by atoms with van der Waals surface area (Å²) in [4.78, 5) is 23.9. The van der Waals surface area contributed by atoms with E-state index in [1.54, 1.807) is 13.8 Å². The molecule has 1 rings (SSSR count). The average molecular weight is 285 g/mol. The SMILES string of the molecule is CC(C)C(=O)N(CC(C)C(=O)O)c1c(F)cccc1F. The van der Waals surface area contributed by atoms with Crippen LogP contribution in [0.25, 0.3) is 0 Å². The van der Waals surface area contributed by atoms with E-state index in [4.69, 9.17) is 5.11 Å². The van der Waals surface area contributed by atoms with Crippen LogP contribution in [-0.2, 0) is 9.59 Å². The number of benzene rings is 1. The van der Waals surface area contributed by atoms with Gasteiger partial charge in [-0.05, 0) is 12.1 Å². The van der Waals surface area contributed by atoms with Crippen molar-refractivity contribution < 1.29 is 23.5 Å². The Labute approximate surface area is 116 Å². The van der Waals surface area contributed by atoms with E-state index in [1.165, 1.54) is 13.0 Å². The van der Waals surface area contributed by atoms with Crippen LogP contribution in [0, 0.1) is 23.5 Å². The number of carbonyl (C=O) groups excluding carboxylic acids is 1. The number of amides is 1. The summed E-state index contributed by atoms with van der Waals surface area (Å²) in [5, 5.41) is 8.91. The van der Waals surface area contributed by atoms with Gasteiger partial charge in [-0.15, -0.1) is 0 Å². The van der Waals surface area contributed by atoms with Crippen molar-refractivity contribution in [1.29, 1.82) is 0 Å². The van der Waals surface area contributed by atoms with E-state index in [0.717, 1.165) is 17.0 Å². The highest BCUT2D eigenvalue weighted by molar-refractivity contribution is 5.95. The molecule has 4 nitrogen and oxygen atoms in total. The van der Waals surface area contributed by atoms with Gasteiger partial charge in [0.2, 0.25) is 5.91 Å². The monoisotopic (exact) mass is 285 g/mol. The number of carboxylic acids is 1. The van der Waals surface area contributed by atoms with Crippen LogP contribution < -0.4 is 4.90 Å². The average Bonchev–Trinajstić information content (AvgIpc) is 2.35. The van der Waals surface area contributed by atoms with Gasteiger partial charge in [0.1, 0.15) is 17.3 Å². The van der Waals surface area contributed by atoms with Crippen molar-refractivity contribution in [2.75, 3.05) is 11.4 Å². The summed E-state index contributed by atoms with van der Waals surface area (Å²) in [5.74, 6) is -4.88. The molecule has 1 aromatic carbocycles. The third-order valence-corrected chi connectivity index (χ3v) is 2.85. The van der Waals surface area contributed by atoms with E-state index in [9.17, 15) is 18.4 Å². The third-order valence-electron chi connectivity index (χ3n) is 2.85. The molecule has 1 N–H and O–H groups in total. The van der Waals surface area contributed by atoms with Crippen LogP contribution in [0.3, 0.4) is 0 Å². The summed E-state index contributed by atoms with van der Waals surface area (Å²) in [6, 6.07) is 3.25. The van der Waals surface area contributed by atoms with Crippen LogP contribution in [0.5, 0.6) is 0 Å². The van der Waals surface area contributed by atoms with Gasteiger partial charge in [0.25, 0.3) is 0 Å². The molecule has 1 unspecified atom stereocenters. The predicted octanol–water partition coefficient (Wildman–Crippen LogP) is 2.67. The molecular formula is C14H17F2NO3. The van der Waals surface area contributed by atoms with Crippen LogP contribution in [0.1, 0.15) is 20.8 Å². The van der Waals surface area contributed by atoms with E-state index in [-0.39, 0.29) is 6.54 Å². The highest BCUT2D eigenvalue weighted by Gasteiger charge is 2.28. The number of carbonyl (C=O) groups is 2. The van der Waals surface area contributed by atoms with E-state index in [2.05, 4.69) is 0 Å². The Morgan fingerprint density at radius 2 is 1.70 bits per heavy atom. The normalized spacial score (nSPS) is 12.3. The minimum atomic E-state index is -1.14. The minimum Gasteiger partial charge on any atom is -0.481 e. The molecule has 1 atom stereocenters. The van der Waals surface area contributed by atoms with Crippen LogP contribution >= 0.6 is 0 Å². The Kier molecular flexibility index (Phi) is 5.19. The summed E-state index contributed by atoms with van der Waals surface area (Å²) in [5.41, 5.74) is -0.501. The van der Waals surface area contributed by atoms with Crippen molar-refractivity contribution in [3.8, 4) is 0 Å². The lowest BCUT2D eigenvalue weighted by molar-refractivity contribution is -0.140. The van der Waals surface area contributed by atoms with Gasteiger partial charge in [-0.25, -0.2) is 8.78 Å². The Morgan fingerprint density at radius 1 is 1.20 bits per heavy atom. The summed E-state index contributed by atoms with van der Waals surface area (Å²) >= 11 is 0. The van der Waals surface area contributed by atoms with Gasteiger partial charge in [-0.3, -0.25) is 9.59 Å². The predicted molar refractivity (Wildman–Crippen MR) is 70.3 cm³/mol. The first kappa shape index (κ1) is 16.1. The number of anilines is 1. The van der Waals surface area contributed by atoms with Crippen molar-refractivity contribution in [3.05, 3.63) is 29.8 Å². The second-order valence-electron chi connectivity index (χ2n) is 4.91. The fraction of sp³-hybridized carbons (Fsp3) is 0.429. The van der Waals surface area contributed by atoms with E-state index in [1.807, 2.05) is 0 Å². The minimum absolute atomic E-state index is 0.288. The molecule has 0 saturated carbocycles. The van der Waals surface area contributed by atoms with E-state index in [0.29, 0.717) is 0 Å². The molecule has 110 valence electrons. The molecule has 0 radical (unpaired) electrons. The summed E-state index contributed by atoms with van der Waals surface area (Å²) in [7, 11) is 0. The van der Waals surface area contributed by atoms with E-state index >= 15 is 0 Å². The molecule has 0 spiro atoms. The lowest BCUT2D eigenvalue weighted by Gasteiger charge is -2.27. The largest absolute Gasteiger partial charge is 0.481 e. The molecule has 0 aliphatic rings. The zero-order chi connectivity index (χ0) is 15.4. The number of para-hydroxylation sites is 1. The van der Waals surface area contributed by atoms with Crippen LogP contribution in [0.2, 0.25) is 0 Å². The van der Waals surface area contributed by atoms with Crippen molar-refractivity contribution >= 4 is 17.6 Å². The number of hydrogen-bond donors (Lipinski definition) is 1. The van der Waals surface area contributed by atoms with Crippen molar-refractivity contribution in [2.24, 2.45) is 11.8 Å². The number of hydrogen-bond acceptors (Lipinski definition) is 2. The lowest BCUT2D eigenvalue weighted by atomic mass is 10.1. The van der Waals surface area contributed by atoms with Gasteiger partial charge >= 0.3 is 5.97 Å². The Morgan fingerprint density at radius 3 is 2.10 bits per heavy atom. The number of halogens is 2. The maximum absolute atomic E-state index is 13.8. The summed E-state index contributed by atoms with van der Waals surface area (Å²) in [6.45, 7) is 4.25. The maximum Gasteiger partial charge on any atom is 0.308 e. The second kappa shape index (κ2) is 6.45. The highest BCUT2D eigenvalue weighted by atomic mass is 19.1. The van der Waals surface area contributed by atoms with Crippen LogP contribution in [0.15, 0.2) is 18.2 Å². The molecule has 6 heteroatoms. The molecule has 0 aliphatic carbocycles. The molecule has 0 fully saturated rings. The van der Waals surface area contributed by atoms with Crippen molar-refractivity contribution in [1.82, 2.24) is 0 Å². The number of nitrogens with zero attached hydrogens (tertiary/aromatic N) is 1.